The first-order chi connectivity index (χ1) is 12.8. The first kappa shape index (κ1) is 19.8. The number of fused-ring (bicyclic) bond motifs is 1. The molecule has 1 aliphatic heterocycles. The van der Waals surface area contributed by atoms with Gasteiger partial charge in [-0.2, -0.15) is 0 Å². The van der Waals surface area contributed by atoms with Crippen LogP contribution in [-0.4, -0.2) is 16.8 Å². The van der Waals surface area contributed by atoms with Crippen LogP contribution in [0.3, 0.4) is 0 Å². The maximum Gasteiger partial charge on any atom is 0.256 e. The van der Waals surface area contributed by atoms with Gasteiger partial charge in [-0.25, -0.2) is 0 Å². The molecule has 4 nitrogen and oxygen atoms in total. The minimum Gasteiger partial charge on any atom is -0.506 e. The van der Waals surface area contributed by atoms with Crippen LogP contribution >= 0.6 is 31.9 Å². The van der Waals surface area contributed by atoms with Gasteiger partial charge in [0.2, 0.25) is 0 Å². The summed E-state index contributed by atoms with van der Waals surface area (Å²) in [5, 5.41) is 12.7. The van der Waals surface area contributed by atoms with E-state index in [-0.39, 0.29) is 23.4 Å². The molecule has 2 aromatic carbocycles. The van der Waals surface area contributed by atoms with E-state index in [1.807, 2.05) is 32.1 Å². The molecule has 0 fully saturated rings. The summed E-state index contributed by atoms with van der Waals surface area (Å²) in [6.07, 6.45) is 2.85. The van der Waals surface area contributed by atoms with Crippen molar-refractivity contribution in [2.45, 2.75) is 26.7 Å². The van der Waals surface area contributed by atoms with E-state index < -0.39 is 0 Å². The average Bonchev–Trinajstić information content (AvgIpc) is 2.91. The zero-order chi connectivity index (χ0) is 19.7. The lowest BCUT2D eigenvalue weighted by molar-refractivity contribution is -0.110. The molecule has 0 saturated carbocycles. The number of phenols is 1. The van der Waals surface area contributed by atoms with E-state index in [2.05, 4.69) is 37.2 Å². The number of Topliss-reactive ketones (excluding diaryl/α,β-unsaturated/α-hetero) is 1. The second-order valence-corrected chi connectivity index (χ2v) is 8.67. The molecule has 0 aliphatic carbocycles. The third-order valence-electron chi connectivity index (χ3n) is 4.34. The maximum absolute atomic E-state index is 12.4. The summed E-state index contributed by atoms with van der Waals surface area (Å²) in [4.78, 5) is 24.7. The van der Waals surface area contributed by atoms with Gasteiger partial charge < -0.3 is 10.4 Å². The molecular formula is C21H19Br2NO3. The summed E-state index contributed by atoms with van der Waals surface area (Å²) in [6, 6.07) is 8.98. The Morgan fingerprint density at radius 2 is 1.85 bits per heavy atom. The highest BCUT2D eigenvalue weighted by Crippen LogP contribution is 2.35. The molecule has 0 bridgehead atoms. The van der Waals surface area contributed by atoms with Gasteiger partial charge in [-0.3, -0.25) is 9.59 Å². The van der Waals surface area contributed by atoms with Crippen molar-refractivity contribution in [3.05, 3.63) is 62.0 Å². The van der Waals surface area contributed by atoms with Crippen molar-refractivity contribution in [3.63, 3.8) is 0 Å². The third kappa shape index (κ3) is 4.33. The summed E-state index contributed by atoms with van der Waals surface area (Å²) in [5.74, 6) is 0.337. The monoisotopic (exact) mass is 491 g/mol. The van der Waals surface area contributed by atoms with Crippen molar-refractivity contribution in [2.75, 3.05) is 5.32 Å². The molecule has 0 radical (unpaired) electrons. The standard InChI is InChI=1S/C21H19Br2NO3/c1-11(2)7-19(25)13-4-6-18-15(10-13)14(21(27)24-18)5-3-12-8-16(22)20(26)17(23)9-12/h4-6,8-11,26H,3,7H2,1-2H3,(H,24,27)/b14-5-. The highest BCUT2D eigenvalue weighted by Gasteiger charge is 2.25. The molecule has 3 rings (SSSR count). The van der Waals surface area contributed by atoms with Gasteiger partial charge >= 0.3 is 0 Å². The largest absolute Gasteiger partial charge is 0.506 e. The lowest BCUT2D eigenvalue weighted by atomic mass is 9.97. The number of halogens is 2. The van der Waals surface area contributed by atoms with Crippen LogP contribution in [0.2, 0.25) is 0 Å². The van der Waals surface area contributed by atoms with Crippen LogP contribution < -0.4 is 5.32 Å². The van der Waals surface area contributed by atoms with E-state index in [9.17, 15) is 14.7 Å². The minimum absolute atomic E-state index is 0.0814. The fourth-order valence-electron chi connectivity index (χ4n) is 3.01. The molecule has 0 unspecified atom stereocenters. The first-order valence-corrected chi connectivity index (χ1v) is 10.2. The lowest BCUT2D eigenvalue weighted by Gasteiger charge is -2.07. The number of rotatable bonds is 5. The summed E-state index contributed by atoms with van der Waals surface area (Å²) >= 11 is 6.63. The van der Waals surface area contributed by atoms with E-state index in [4.69, 9.17) is 0 Å². The molecule has 0 spiro atoms. The number of hydrogen-bond acceptors (Lipinski definition) is 3. The fourth-order valence-corrected chi connectivity index (χ4v) is 4.29. The molecule has 1 heterocycles. The van der Waals surface area contributed by atoms with Gasteiger partial charge in [0.05, 0.1) is 8.95 Å². The Bertz CT molecular complexity index is 941. The van der Waals surface area contributed by atoms with Crippen LogP contribution in [0, 0.1) is 5.92 Å². The number of hydrogen-bond donors (Lipinski definition) is 2. The molecule has 1 aliphatic rings. The van der Waals surface area contributed by atoms with Crippen molar-refractivity contribution in [1.29, 1.82) is 0 Å². The Labute approximate surface area is 174 Å². The molecular weight excluding hydrogens is 474 g/mol. The van der Waals surface area contributed by atoms with Gasteiger partial charge in [0, 0.05) is 28.8 Å². The van der Waals surface area contributed by atoms with E-state index in [1.54, 1.807) is 18.2 Å². The van der Waals surface area contributed by atoms with Crippen molar-refractivity contribution >= 4 is 54.8 Å². The van der Waals surface area contributed by atoms with E-state index >= 15 is 0 Å². The number of nitrogens with one attached hydrogen (secondary N) is 1. The quantitative estimate of drug-likeness (QED) is 0.414. The van der Waals surface area contributed by atoms with Crippen LogP contribution in [0.25, 0.3) is 5.57 Å². The highest BCUT2D eigenvalue weighted by molar-refractivity contribution is 9.11. The normalized spacial score (nSPS) is 14.6. The second-order valence-electron chi connectivity index (χ2n) is 6.97. The third-order valence-corrected chi connectivity index (χ3v) is 5.55. The zero-order valence-corrected chi connectivity index (χ0v) is 18.1. The Morgan fingerprint density at radius 1 is 1.19 bits per heavy atom. The number of aromatic hydroxyl groups is 1. The molecule has 2 aromatic rings. The SMILES string of the molecule is CC(C)CC(=O)c1ccc2c(c1)/C(=C/Cc1cc(Br)c(O)c(Br)c1)C(=O)N2. The van der Waals surface area contributed by atoms with Crippen molar-refractivity contribution in [3.8, 4) is 5.75 Å². The highest BCUT2D eigenvalue weighted by atomic mass is 79.9. The summed E-state index contributed by atoms with van der Waals surface area (Å²) < 4.78 is 1.17. The van der Waals surface area contributed by atoms with Crippen LogP contribution in [0.15, 0.2) is 45.4 Å². The number of benzene rings is 2. The van der Waals surface area contributed by atoms with Gasteiger partial charge in [0.1, 0.15) is 5.75 Å². The number of phenolic OH excluding ortho intramolecular Hbond substituents is 1. The maximum atomic E-state index is 12.4. The first-order valence-electron chi connectivity index (χ1n) is 8.62. The lowest BCUT2D eigenvalue weighted by Crippen LogP contribution is -2.04. The molecule has 0 aromatic heterocycles. The smallest absolute Gasteiger partial charge is 0.256 e. The molecule has 1 amide bonds. The molecule has 6 heteroatoms. The number of carbonyl (C=O) groups is 2. The Balaban J connectivity index is 1.91. The predicted octanol–water partition coefficient (Wildman–Crippen LogP) is 5.72. The van der Waals surface area contributed by atoms with Crippen LogP contribution in [0.1, 0.15) is 41.8 Å². The number of amides is 1. The molecule has 0 atom stereocenters. The van der Waals surface area contributed by atoms with Crippen LogP contribution in [-0.2, 0) is 11.2 Å². The van der Waals surface area contributed by atoms with Crippen molar-refractivity contribution < 1.29 is 14.7 Å². The van der Waals surface area contributed by atoms with Crippen LogP contribution in [0.4, 0.5) is 5.69 Å². The van der Waals surface area contributed by atoms with E-state index in [0.29, 0.717) is 32.9 Å². The van der Waals surface area contributed by atoms with Crippen molar-refractivity contribution in [1.82, 2.24) is 0 Å². The Hall–Kier alpha value is -1.92. The second kappa shape index (κ2) is 7.98. The number of anilines is 1. The topological polar surface area (TPSA) is 66.4 Å². The van der Waals surface area contributed by atoms with Gasteiger partial charge in [-0.1, -0.05) is 19.9 Å². The fraction of sp³-hybridized carbons (Fsp3) is 0.238. The van der Waals surface area contributed by atoms with Gasteiger partial charge in [0.25, 0.3) is 5.91 Å². The predicted molar refractivity (Wildman–Crippen MR) is 114 cm³/mol. The summed E-state index contributed by atoms with van der Waals surface area (Å²) in [5.41, 5.74) is 3.60. The van der Waals surface area contributed by atoms with Crippen LogP contribution in [0.5, 0.6) is 5.75 Å². The van der Waals surface area contributed by atoms with Gasteiger partial charge in [-0.15, -0.1) is 0 Å². The minimum atomic E-state index is -0.171. The Morgan fingerprint density at radius 3 is 2.48 bits per heavy atom. The van der Waals surface area contributed by atoms with Gasteiger partial charge in [0.15, 0.2) is 5.78 Å². The number of ketones is 1. The zero-order valence-electron chi connectivity index (χ0n) is 15.0. The average molecular weight is 493 g/mol. The van der Waals surface area contributed by atoms with Gasteiger partial charge in [-0.05, 0) is 80.1 Å². The van der Waals surface area contributed by atoms with E-state index in [1.165, 1.54) is 0 Å². The van der Waals surface area contributed by atoms with Crippen molar-refractivity contribution in [2.24, 2.45) is 5.92 Å². The number of carbonyl (C=O) groups excluding carboxylic acids is 2. The molecule has 140 valence electrons. The Kier molecular flexibility index (Phi) is 5.86. The van der Waals surface area contributed by atoms with E-state index in [0.717, 1.165) is 16.8 Å². The number of allylic oxidation sites excluding steroid dienone is 1. The summed E-state index contributed by atoms with van der Waals surface area (Å²) in [6.45, 7) is 4.02. The molecule has 2 N–H and O–H groups in total. The summed E-state index contributed by atoms with van der Waals surface area (Å²) in [7, 11) is 0. The molecule has 0 saturated heterocycles. The molecule has 27 heavy (non-hydrogen) atoms.